The zero-order valence-electron chi connectivity index (χ0n) is 18.0. The predicted octanol–water partition coefficient (Wildman–Crippen LogP) is 3.75. The van der Waals surface area contributed by atoms with Crippen molar-refractivity contribution in [3.05, 3.63) is 77.2 Å². The Morgan fingerprint density at radius 3 is 2.23 bits per heavy atom. The van der Waals surface area contributed by atoms with Crippen molar-refractivity contribution in [1.29, 1.82) is 0 Å². The number of aliphatic hydroxyl groups is 1. The van der Waals surface area contributed by atoms with Crippen LogP contribution in [0.3, 0.4) is 0 Å². The van der Waals surface area contributed by atoms with Gasteiger partial charge in [-0.05, 0) is 24.6 Å². The molecule has 0 saturated carbocycles. The normalized spacial score (nSPS) is 12.7. The van der Waals surface area contributed by atoms with Crippen LogP contribution in [-0.2, 0) is 6.42 Å². The molecule has 1 heterocycles. The minimum Gasteiger partial charge on any atom is -0.496 e. The van der Waals surface area contributed by atoms with Gasteiger partial charge in [0, 0.05) is 24.1 Å². The molecule has 0 aliphatic heterocycles. The van der Waals surface area contributed by atoms with Crippen LogP contribution >= 0.6 is 0 Å². The summed E-state index contributed by atoms with van der Waals surface area (Å²) in [6.07, 6.45) is -0.460. The number of rotatable bonds is 9. The van der Waals surface area contributed by atoms with E-state index in [2.05, 4.69) is 5.32 Å². The van der Waals surface area contributed by atoms with Crippen molar-refractivity contribution in [3.8, 4) is 17.2 Å². The first-order valence-electron chi connectivity index (χ1n) is 9.88. The zero-order chi connectivity index (χ0) is 22.4. The monoisotopic (exact) mass is 425 g/mol. The number of hydrogen-bond acceptors (Lipinski definition) is 6. The second-order valence-electron chi connectivity index (χ2n) is 7.07. The van der Waals surface area contributed by atoms with E-state index in [-0.39, 0.29) is 5.76 Å². The Kier molecular flexibility index (Phi) is 7.20. The predicted molar refractivity (Wildman–Crippen MR) is 116 cm³/mol. The number of carbonyl (C=O) groups excluding carboxylic acids is 1. The number of amides is 1. The quantitative estimate of drug-likeness (QED) is 0.543. The molecule has 1 amide bonds. The first kappa shape index (κ1) is 22.2. The molecule has 0 aliphatic rings. The molecular formula is C24H27NO6. The Morgan fingerprint density at radius 1 is 1.00 bits per heavy atom. The van der Waals surface area contributed by atoms with Crippen molar-refractivity contribution in [2.75, 3.05) is 21.3 Å². The van der Waals surface area contributed by atoms with Gasteiger partial charge in [0.15, 0.2) is 5.76 Å². The van der Waals surface area contributed by atoms with E-state index >= 15 is 0 Å². The molecule has 3 rings (SSSR count). The van der Waals surface area contributed by atoms with E-state index in [1.54, 1.807) is 52.5 Å². The summed E-state index contributed by atoms with van der Waals surface area (Å²) in [5.41, 5.74) is 1.51. The van der Waals surface area contributed by atoms with Crippen molar-refractivity contribution < 1.29 is 28.5 Å². The van der Waals surface area contributed by atoms with E-state index in [1.165, 1.54) is 0 Å². The first-order valence-corrected chi connectivity index (χ1v) is 9.88. The van der Waals surface area contributed by atoms with Crippen LogP contribution in [0.15, 0.2) is 59.0 Å². The Morgan fingerprint density at radius 2 is 1.65 bits per heavy atom. The average Bonchev–Trinajstić information content (AvgIpc) is 3.27. The topological polar surface area (TPSA) is 90.2 Å². The minimum atomic E-state index is -0.826. The summed E-state index contributed by atoms with van der Waals surface area (Å²) in [5, 5.41) is 13.2. The maximum absolute atomic E-state index is 12.6. The highest BCUT2D eigenvalue weighted by molar-refractivity contribution is 5.91. The maximum Gasteiger partial charge on any atom is 0.287 e. The van der Waals surface area contributed by atoms with Gasteiger partial charge in [-0.2, -0.15) is 0 Å². The summed E-state index contributed by atoms with van der Waals surface area (Å²) in [5.74, 6) is 2.14. The van der Waals surface area contributed by atoms with Gasteiger partial charge in [0.1, 0.15) is 23.0 Å². The number of ether oxygens (including phenoxy) is 3. The standard InChI is InChI=1S/C24H27NO6/c1-15(23(26)16-8-6-5-7-9-16)25-24(27)20-11-10-17(31-20)12-19-21(29-3)13-18(28-2)14-22(19)30-4/h5-11,13-15,23,26H,12H2,1-4H3,(H,25,27). The van der Waals surface area contributed by atoms with Crippen molar-refractivity contribution in [1.82, 2.24) is 5.32 Å². The molecule has 2 atom stereocenters. The first-order chi connectivity index (χ1) is 15.0. The Balaban J connectivity index is 1.72. The van der Waals surface area contributed by atoms with Crippen molar-refractivity contribution in [3.63, 3.8) is 0 Å². The molecule has 0 aliphatic carbocycles. The van der Waals surface area contributed by atoms with E-state index in [1.807, 2.05) is 30.3 Å². The fraction of sp³-hybridized carbons (Fsp3) is 0.292. The Labute approximate surface area is 181 Å². The summed E-state index contributed by atoms with van der Waals surface area (Å²) in [6, 6.07) is 15.6. The molecule has 1 aromatic heterocycles. The highest BCUT2D eigenvalue weighted by Crippen LogP contribution is 2.35. The SMILES string of the molecule is COc1cc(OC)c(Cc2ccc(C(=O)NC(C)C(O)c3ccccc3)o2)c(OC)c1. The third-order valence-electron chi connectivity index (χ3n) is 5.03. The average molecular weight is 425 g/mol. The number of nitrogens with one attached hydrogen (secondary N) is 1. The lowest BCUT2D eigenvalue weighted by molar-refractivity contribution is 0.0824. The van der Waals surface area contributed by atoms with Crippen LogP contribution in [0, 0.1) is 0 Å². The van der Waals surface area contributed by atoms with Gasteiger partial charge in [0.05, 0.1) is 33.5 Å². The molecule has 7 heteroatoms. The minimum absolute atomic E-state index is 0.161. The van der Waals surface area contributed by atoms with Crippen molar-refractivity contribution in [2.24, 2.45) is 0 Å². The van der Waals surface area contributed by atoms with Gasteiger partial charge in [0.25, 0.3) is 5.91 Å². The molecule has 2 aromatic carbocycles. The molecule has 2 N–H and O–H groups in total. The highest BCUT2D eigenvalue weighted by atomic mass is 16.5. The molecule has 3 aromatic rings. The molecule has 0 radical (unpaired) electrons. The van der Waals surface area contributed by atoms with Gasteiger partial charge >= 0.3 is 0 Å². The summed E-state index contributed by atoms with van der Waals surface area (Å²) in [4.78, 5) is 12.6. The van der Waals surface area contributed by atoms with Crippen LogP contribution in [0.25, 0.3) is 0 Å². The van der Waals surface area contributed by atoms with Crippen LogP contribution in [0.5, 0.6) is 17.2 Å². The smallest absolute Gasteiger partial charge is 0.287 e. The summed E-state index contributed by atoms with van der Waals surface area (Å²) < 4.78 is 22.0. The van der Waals surface area contributed by atoms with E-state index in [0.717, 1.165) is 11.1 Å². The fourth-order valence-electron chi connectivity index (χ4n) is 3.32. The van der Waals surface area contributed by atoms with Gasteiger partial charge in [-0.25, -0.2) is 0 Å². The Hall–Kier alpha value is -3.45. The van der Waals surface area contributed by atoms with E-state index in [0.29, 0.717) is 29.4 Å². The molecule has 31 heavy (non-hydrogen) atoms. The molecule has 164 valence electrons. The zero-order valence-corrected chi connectivity index (χ0v) is 18.0. The second kappa shape index (κ2) is 10.0. The van der Waals surface area contributed by atoms with Gasteiger partial charge in [-0.15, -0.1) is 0 Å². The number of aliphatic hydroxyl groups excluding tert-OH is 1. The molecule has 2 unspecified atom stereocenters. The summed E-state index contributed by atoms with van der Waals surface area (Å²) in [6.45, 7) is 1.74. The van der Waals surface area contributed by atoms with E-state index in [4.69, 9.17) is 18.6 Å². The summed E-state index contributed by atoms with van der Waals surface area (Å²) >= 11 is 0. The van der Waals surface area contributed by atoms with E-state index < -0.39 is 18.1 Å². The Bertz CT molecular complexity index is 989. The number of hydrogen-bond donors (Lipinski definition) is 2. The van der Waals surface area contributed by atoms with Crippen LogP contribution < -0.4 is 19.5 Å². The largest absolute Gasteiger partial charge is 0.496 e. The number of benzene rings is 2. The van der Waals surface area contributed by atoms with Gasteiger partial charge in [0.2, 0.25) is 0 Å². The molecular weight excluding hydrogens is 398 g/mol. The molecule has 0 bridgehead atoms. The number of furan rings is 1. The molecule has 0 saturated heterocycles. The second-order valence-corrected chi connectivity index (χ2v) is 7.07. The fourth-order valence-corrected chi connectivity index (χ4v) is 3.32. The molecule has 0 fully saturated rings. The van der Waals surface area contributed by atoms with Crippen LogP contribution in [0.2, 0.25) is 0 Å². The highest BCUT2D eigenvalue weighted by Gasteiger charge is 2.21. The number of carbonyl (C=O) groups is 1. The van der Waals surface area contributed by atoms with Crippen molar-refractivity contribution >= 4 is 5.91 Å². The van der Waals surface area contributed by atoms with Crippen LogP contribution in [0.4, 0.5) is 0 Å². The van der Waals surface area contributed by atoms with Crippen molar-refractivity contribution in [2.45, 2.75) is 25.5 Å². The van der Waals surface area contributed by atoms with Gasteiger partial charge in [-0.1, -0.05) is 30.3 Å². The maximum atomic E-state index is 12.6. The lowest BCUT2D eigenvalue weighted by Gasteiger charge is -2.20. The third-order valence-corrected chi connectivity index (χ3v) is 5.03. The van der Waals surface area contributed by atoms with Crippen LogP contribution in [0.1, 0.15) is 40.5 Å². The lowest BCUT2D eigenvalue weighted by atomic mass is 10.0. The third kappa shape index (κ3) is 5.19. The lowest BCUT2D eigenvalue weighted by Crippen LogP contribution is -2.36. The molecule has 0 spiro atoms. The van der Waals surface area contributed by atoms with E-state index in [9.17, 15) is 9.90 Å². The number of methoxy groups -OCH3 is 3. The van der Waals surface area contributed by atoms with Crippen LogP contribution in [-0.4, -0.2) is 38.4 Å². The molecule has 7 nitrogen and oxygen atoms in total. The van der Waals surface area contributed by atoms with Gasteiger partial charge in [-0.3, -0.25) is 4.79 Å². The summed E-state index contributed by atoms with van der Waals surface area (Å²) in [7, 11) is 4.71. The van der Waals surface area contributed by atoms with Gasteiger partial charge < -0.3 is 29.1 Å².